The van der Waals surface area contributed by atoms with E-state index in [1.165, 1.54) is 0 Å². The minimum Gasteiger partial charge on any atom is -0.394 e. The second-order valence-electron chi connectivity index (χ2n) is 5.68. The van der Waals surface area contributed by atoms with E-state index >= 15 is 0 Å². The van der Waals surface area contributed by atoms with Gasteiger partial charge in [-0.1, -0.05) is 42.5 Å². The number of rotatable bonds is 4. The molecule has 126 valence electrons. The first-order valence-corrected chi connectivity index (χ1v) is 7.79. The summed E-state index contributed by atoms with van der Waals surface area (Å²) in [5.41, 5.74) is 8.45. The molecule has 6 nitrogen and oxygen atoms in total. The molecule has 0 aliphatic carbocycles. The van der Waals surface area contributed by atoms with Crippen LogP contribution >= 0.6 is 0 Å². The van der Waals surface area contributed by atoms with Gasteiger partial charge >= 0.3 is 0 Å². The number of nitrogens with two attached hydrogens (primary N) is 1. The Balaban J connectivity index is 2.03. The van der Waals surface area contributed by atoms with Gasteiger partial charge in [0.15, 0.2) is 0 Å². The van der Waals surface area contributed by atoms with Gasteiger partial charge in [-0.25, -0.2) is 0 Å². The van der Waals surface area contributed by atoms with Crippen LogP contribution < -0.4 is 16.4 Å². The highest BCUT2D eigenvalue weighted by Crippen LogP contribution is 2.31. The van der Waals surface area contributed by atoms with E-state index in [2.05, 4.69) is 10.6 Å². The highest BCUT2D eigenvalue weighted by Gasteiger charge is 2.34. The number of hydrogen-bond acceptors (Lipinski definition) is 4. The van der Waals surface area contributed by atoms with Crippen LogP contribution in [0.2, 0.25) is 0 Å². The molecule has 0 fully saturated rings. The zero-order valence-corrected chi connectivity index (χ0v) is 13.7. The summed E-state index contributed by atoms with van der Waals surface area (Å²) in [5.74, 6) is -0.631. The van der Waals surface area contributed by atoms with E-state index in [0.29, 0.717) is 22.3 Å². The zero-order valence-electron chi connectivity index (χ0n) is 13.7. The van der Waals surface area contributed by atoms with Crippen molar-refractivity contribution >= 4 is 17.5 Å². The maximum absolute atomic E-state index is 12.1. The van der Waals surface area contributed by atoms with E-state index in [0.717, 1.165) is 0 Å². The number of carbonyl (C=O) groups is 2. The lowest BCUT2D eigenvalue weighted by molar-refractivity contribution is -0.117. The average molecular weight is 334 g/mol. The molecule has 2 aromatic rings. The van der Waals surface area contributed by atoms with Crippen LogP contribution in [0.5, 0.6) is 0 Å². The molecule has 0 saturated heterocycles. The third-order valence-electron chi connectivity index (χ3n) is 4.14. The van der Waals surface area contributed by atoms with E-state index in [-0.39, 0.29) is 17.3 Å². The lowest BCUT2D eigenvalue weighted by Crippen LogP contribution is -2.25. The molecule has 2 aromatic carbocycles. The first-order valence-electron chi connectivity index (χ1n) is 7.79. The summed E-state index contributed by atoms with van der Waals surface area (Å²) >= 11 is 0. The summed E-state index contributed by atoms with van der Waals surface area (Å²) in [6.07, 6.45) is 0. The second-order valence-corrected chi connectivity index (χ2v) is 5.68. The lowest BCUT2D eigenvalue weighted by atomic mass is 9.91. The van der Waals surface area contributed by atoms with Crippen LogP contribution in [-0.2, 0) is 4.79 Å². The molecule has 3 rings (SSSR count). The molecule has 6 heteroatoms. The summed E-state index contributed by atoms with van der Waals surface area (Å²) in [6, 6.07) is 15.5. The van der Waals surface area contributed by atoms with Crippen LogP contribution in [-0.4, -0.2) is 24.6 Å². The Hall–Kier alpha value is -3.41. The molecule has 0 saturated carbocycles. The van der Waals surface area contributed by atoms with Gasteiger partial charge in [0, 0.05) is 18.2 Å². The van der Waals surface area contributed by atoms with Crippen molar-refractivity contribution in [2.45, 2.75) is 6.04 Å². The molecule has 1 aliphatic rings. The van der Waals surface area contributed by atoms with Crippen molar-refractivity contribution in [2.75, 3.05) is 7.05 Å². The predicted octanol–water partition coefficient (Wildman–Crippen LogP) is 1.50. The monoisotopic (exact) mass is 334 g/mol. The topological polar surface area (TPSA) is 108 Å². The van der Waals surface area contributed by atoms with Crippen molar-refractivity contribution in [1.82, 2.24) is 10.6 Å². The molecule has 2 amide bonds. The zero-order chi connectivity index (χ0) is 18.0. The Kier molecular flexibility index (Phi) is 4.35. The third-order valence-corrected chi connectivity index (χ3v) is 4.14. The standard InChI is InChI=1S/C19H18N4O2/c1-22-18(24)13-9-5-8-12(10-13)17-14(16(21)19(25)23-17)15(20)11-6-3-2-4-7-11/h2-10,17,20H,21H2,1H3,(H,22,24)(H,23,25). The fourth-order valence-electron chi connectivity index (χ4n) is 2.85. The molecular weight excluding hydrogens is 316 g/mol. The van der Waals surface area contributed by atoms with Crippen molar-refractivity contribution in [3.05, 3.63) is 82.6 Å². The minimum atomic E-state index is -0.565. The SMILES string of the molecule is CNC(=O)c1cccc(C2NC(=O)C(N)=C2C(=N)c2ccccc2)c1. The Morgan fingerprint density at radius 3 is 2.48 bits per heavy atom. The van der Waals surface area contributed by atoms with E-state index in [1.807, 2.05) is 18.2 Å². The molecule has 0 spiro atoms. The minimum absolute atomic E-state index is 0.0317. The van der Waals surface area contributed by atoms with Crippen LogP contribution in [0.3, 0.4) is 0 Å². The third kappa shape index (κ3) is 3.01. The number of carbonyl (C=O) groups excluding carboxylic acids is 2. The quantitative estimate of drug-likeness (QED) is 0.636. The molecule has 1 atom stereocenters. The van der Waals surface area contributed by atoms with Gasteiger partial charge in [0.2, 0.25) is 0 Å². The summed E-state index contributed by atoms with van der Waals surface area (Å²) in [4.78, 5) is 24.0. The van der Waals surface area contributed by atoms with Crippen LogP contribution in [0, 0.1) is 5.41 Å². The molecule has 1 aliphatic heterocycles. The number of hydrogen-bond donors (Lipinski definition) is 4. The number of nitrogens with one attached hydrogen (secondary N) is 3. The number of amides is 2. The van der Waals surface area contributed by atoms with Gasteiger partial charge in [-0.3, -0.25) is 15.0 Å². The van der Waals surface area contributed by atoms with Crippen LogP contribution in [0.15, 0.2) is 65.9 Å². The maximum Gasteiger partial charge on any atom is 0.268 e. The molecule has 5 N–H and O–H groups in total. The highest BCUT2D eigenvalue weighted by atomic mass is 16.2. The molecule has 1 heterocycles. The Labute approximate surface area is 145 Å². The van der Waals surface area contributed by atoms with E-state index in [9.17, 15) is 9.59 Å². The highest BCUT2D eigenvalue weighted by molar-refractivity contribution is 6.18. The maximum atomic E-state index is 12.1. The van der Waals surface area contributed by atoms with Gasteiger partial charge in [0.05, 0.1) is 11.8 Å². The van der Waals surface area contributed by atoms with Crippen LogP contribution in [0.25, 0.3) is 0 Å². The van der Waals surface area contributed by atoms with E-state index < -0.39 is 11.9 Å². The lowest BCUT2D eigenvalue weighted by Gasteiger charge is -2.17. The Morgan fingerprint density at radius 1 is 1.12 bits per heavy atom. The molecule has 25 heavy (non-hydrogen) atoms. The first-order chi connectivity index (χ1) is 12.0. The van der Waals surface area contributed by atoms with Crippen molar-refractivity contribution < 1.29 is 9.59 Å². The summed E-state index contributed by atoms with van der Waals surface area (Å²) in [7, 11) is 1.56. The van der Waals surface area contributed by atoms with Crippen LogP contribution in [0.1, 0.15) is 27.5 Å². The molecule has 0 radical (unpaired) electrons. The fraction of sp³-hybridized carbons (Fsp3) is 0.105. The van der Waals surface area contributed by atoms with Gasteiger partial charge in [0.25, 0.3) is 11.8 Å². The van der Waals surface area contributed by atoms with Crippen molar-refractivity contribution in [2.24, 2.45) is 5.73 Å². The fourth-order valence-corrected chi connectivity index (χ4v) is 2.85. The Morgan fingerprint density at radius 2 is 1.80 bits per heavy atom. The van der Waals surface area contributed by atoms with Crippen molar-refractivity contribution in [3.63, 3.8) is 0 Å². The molecule has 0 bridgehead atoms. The predicted molar refractivity (Wildman–Crippen MR) is 95.2 cm³/mol. The average Bonchev–Trinajstić information content (AvgIpc) is 2.96. The van der Waals surface area contributed by atoms with E-state index in [1.54, 1.807) is 43.4 Å². The normalized spacial score (nSPS) is 16.5. The van der Waals surface area contributed by atoms with Gasteiger partial charge < -0.3 is 16.4 Å². The molecule has 0 aromatic heterocycles. The summed E-state index contributed by atoms with van der Waals surface area (Å²) in [6.45, 7) is 0. The Bertz CT molecular complexity index is 887. The largest absolute Gasteiger partial charge is 0.394 e. The van der Waals surface area contributed by atoms with Gasteiger partial charge in [0.1, 0.15) is 5.70 Å². The van der Waals surface area contributed by atoms with Crippen molar-refractivity contribution in [3.8, 4) is 0 Å². The molecular formula is C19H18N4O2. The number of benzene rings is 2. The van der Waals surface area contributed by atoms with Gasteiger partial charge in [-0.15, -0.1) is 0 Å². The first kappa shape index (κ1) is 16.4. The summed E-state index contributed by atoms with van der Waals surface area (Å²) < 4.78 is 0. The molecule has 1 unspecified atom stereocenters. The summed E-state index contributed by atoms with van der Waals surface area (Å²) in [5, 5.41) is 13.9. The van der Waals surface area contributed by atoms with Crippen molar-refractivity contribution in [1.29, 1.82) is 5.41 Å². The van der Waals surface area contributed by atoms with Crippen LogP contribution in [0.4, 0.5) is 0 Å². The van der Waals surface area contributed by atoms with Gasteiger partial charge in [-0.2, -0.15) is 0 Å². The van der Waals surface area contributed by atoms with Gasteiger partial charge in [-0.05, 0) is 23.3 Å². The second kappa shape index (κ2) is 6.60. The van der Waals surface area contributed by atoms with E-state index in [4.69, 9.17) is 11.1 Å². The smallest absolute Gasteiger partial charge is 0.268 e.